The highest BCUT2D eigenvalue weighted by Crippen LogP contribution is 2.25. The molecule has 1 fully saturated rings. The highest BCUT2D eigenvalue weighted by molar-refractivity contribution is 6.31. The molecule has 19 heavy (non-hydrogen) atoms. The molecule has 1 aliphatic rings. The number of amides is 1. The van der Waals surface area contributed by atoms with E-state index in [-0.39, 0.29) is 5.91 Å². The van der Waals surface area contributed by atoms with Crippen molar-refractivity contribution < 1.29 is 4.79 Å². The maximum atomic E-state index is 12.1. The molecule has 4 heteroatoms. The number of carbonyl (C=O) groups excluding carboxylic acids is 1. The molecule has 1 saturated heterocycles. The number of nitrogen functional groups attached to an aromatic ring is 1. The van der Waals surface area contributed by atoms with Crippen molar-refractivity contribution >= 4 is 23.2 Å². The first-order chi connectivity index (χ1) is 9.10. The zero-order valence-corrected chi connectivity index (χ0v) is 12.1. The van der Waals surface area contributed by atoms with Gasteiger partial charge in [-0.1, -0.05) is 31.0 Å². The predicted molar refractivity (Wildman–Crippen MR) is 78.9 cm³/mol. The minimum absolute atomic E-state index is 0.240. The van der Waals surface area contributed by atoms with Crippen LogP contribution in [-0.4, -0.2) is 17.4 Å². The lowest BCUT2D eigenvalue weighted by atomic mass is 9.98. The third-order valence-electron chi connectivity index (χ3n) is 3.94. The Bertz CT molecular complexity index is 461. The van der Waals surface area contributed by atoms with E-state index in [1.165, 1.54) is 0 Å². The molecule has 1 aromatic carbocycles. The van der Waals surface area contributed by atoms with Gasteiger partial charge < -0.3 is 10.6 Å². The number of hydrogen-bond acceptors (Lipinski definition) is 2. The molecular formula is C15H21ClN2O. The maximum absolute atomic E-state index is 12.1. The molecule has 1 amide bonds. The average molecular weight is 281 g/mol. The molecule has 1 unspecified atom stereocenters. The van der Waals surface area contributed by atoms with Gasteiger partial charge in [-0.3, -0.25) is 4.79 Å². The summed E-state index contributed by atoms with van der Waals surface area (Å²) in [6, 6.07) is 5.49. The minimum atomic E-state index is 0.240. The van der Waals surface area contributed by atoms with Crippen molar-refractivity contribution in [1.29, 1.82) is 0 Å². The molecule has 1 heterocycles. The van der Waals surface area contributed by atoms with Crippen LogP contribution in [0.15, 0.2) is 18.2 Å². The second-order valence-corrected chi connectivity index (χ2v) is 5.67. The molecule has 0 radical (unpaired) electrons. The number of carbonyl (C=O) groups is 1. The van der Waals surface area contributed by atoms with Gasteiger partial charge in [0.15, 0.2) is 0 Å². The summed E-state index contributed by atoms with van der Waals surface area (Å²) in [4.78, 5) is 14.0. The van der Waals surface area contributed by atoms with Crippen molar-refractivity contribution in [2.45, 2.75) is 39.2 Å². The number of hydrogen-bond donors (Lipinski definition) is 1. The van der Waals surface area contributed by atoms with Crippen molar-refractivity contribution in [2.24, 2.45) is 5.92 Å². The molecule has 104 valence electrons. The van der Waals surface area contributed by atoms with Crippen LogP contribution in [0.4, 0.5) is 5.69 Å². The van der Waals surface area contributed by atoms with E-state index >= 15 is 0 Å². The van der Waals surface area contributed by atoms with E-state index in [4.69, 9.17) is 17.3 Å². The zero-order valence-electron chi connectivity index (χ0n) is 11.4. The predicted octanol–water partition coefficient (Wildman–Crippen LogP) is 3.46. The first-order valence-electron chi connectivity index (χ1n) is 6.91. The molecule has 0 saturated carbocycles. The lowest BCUT2D eigenvalue weighted by Crippen LogP contribution is -2.29. The van der Waals surface area contributed by atoms with Crippen LogP contribution < -0.4 is 5.73 Å². The standard InChI is InChI=1S/C15H21ClN2O/c1-2-11-3-6-15(19)18(8-7-11)10-12-4-5-13(17)9-14(12)16/h4-5,9,11H,2-3,6-8,10,17H2,1H3. The van der Waals surface area contributed by atoms with Crippen molar-refractivity contribution in [2.75, 3.05) is 12.3 Å². The number of rotatable bonds is 3. The Morgan fingerprint density at radius 1 is 1.42 bits per heavy atom. The Morgan fingerprint density at radius 2 is 2.21 bits per heavy atom. The summed E-state index contributed by atoms with van der Waals surface area (Å²) in [5, 5.41) is 0.643. The van der Waals surface area contributed by atoms with Crippen LogP contribution in [0.2, 0.25) is 5.02 Å². The number of halogens is 1. The molecule has 0 aliphatic carbocycles. The van der Waals surface area contributed by atoms with Gasteiger partial charge in [0.2, 0.25) is 5.91 Å². The average Bonchev–Trinajstić information content (AvgIpc) is 2.56. The van der Waals surface area contributed by atoms with Crippen LogP contribution in [0, 0.1) is 5.92 Å². The van der Waals surface area contributed by atoms with Gasteiger partial charge in [0, 0.05) is 30.2 Å². The van der Waals surface area contributed by atoms with Gasteiger partial charge in [0.25, 0.3) is 0 Å². The molecular weight excluding hydrogens is 260 g/mol. The lowest BCUT2D eigenvalue weighted by Gasteiger charge is -2.21. The smallest absolute Gasteiger partial charge is 0.222 e. The first-order valence-corrected chi connectivity index (χ1v) is 7.29. The highest BCUT2D eigenvalue weighted by Gasteiger charge is 2.22. The van der Waals surface area contributed by atoms with Crippen molar-refractivity contribution in [1.82, 2.24) is 4.90 Å². The molecule has 2 rings (SSSR count). The summed E-state index contributed by atoms with van der Waals surface area (Å²) in [6.07, 6.45) is 3.92. The second kappa shape index (κ2) is 6.29. The fraction of sp³-hybridized carbons (Fsp3) is 0.533. The largest absolute Gasteiger partial charge is 0.399 e. The molecule has 0 aromatic heterocycles. The van der Waals surface area contributed by atoms with E-state index < -0.39 is 0 Å². The summed E-state index contributed by atoms with van der Waals surface area (Å²) < 4.78 is 0. The Kier molecular flexibility index (Phi) is 4.70. The topological polar surface area (TPSA) is 46.3 Å². The molecule has 0 spiro atoms. The van der Waals surface area contributed by atoms with Gasteiger partial charge in [-0.25, -0.2) is 0 Å². The molecule has 3 nitrogen and oxygen atoms in total. The van der Waals surface area contributed by atoms with E-state index in [1.54, 1.807) is 6.07 Å². The third-order valence-corrected chi connectivity index (χ3v) is 4.29. The van der Waals surface area contributed by atoms with Crippen LogP contribution in [0.1, 0.15) is 38.2 Å². The maximum Gasteiger partial charge on any atom is 0.222 e. The monoisotopic (exact) mass is 280 g/mol. The Hall–Kier alpha value is -1.22. The summed E-state index contributed by atoms with van der Waals surface area (Å²) >= 11 is 6.18. The van der Waals surface area contributed by atoms with E-state index in [0.29, 0.717) is 29.6 Å². The first kappa shape index (κ1) is 14.2. The summed E-state index contributed by atoms with van der Waals surface area (Å²) in [7, 11) is 0. The van der Waals surface area contributed by atoms with Gasteiger partial charge in [-0.05, 0) is 36.5 Å². The number of nitrogens with two attached hydrogens (primary N) is 1. The fourth-order valence-electron chi connectivity index (χ4n) is 2.57. The number of benzene rings is 1. The van der Waals surface area contributed by atoms with Gasteiger partial charge in [0.05, 0.1) is 0 Å². The quantitative estimate of drug-likeness (QED) is 0.862. The van der Waals surface area contributed by atoms with Crippen LogP contribution in [0.25, 0.3) is 0 Å². The van der Waals surface area contributed by atoms with Crippen LogP contribution >= 0.6 is 11.6 Å². The number of nitrogens with zero attached hydrogens (tertiary/aromatic N) is 1. The van der Waals surface area contributed by atoms with Gasteiger partial charge in [-0.2, -0.15) is 0 Å². The summed E-state index contributed by atoms with van der Waals surface area (Å²) in [6.45, 7) is 3.62. The molecule has 1 atom stereocenters. The van der Waals surface area contributed by atoms with Crippen molar-refractivity contribution in [3.63, 3.8) is 0 Å². The van der Waals surface area contributed by atoms with E-state index in [0.717, 1.165) is 31.4 Å². The zero-order chi connectivity index (χ0) is 13.8. The minimum Gasteiger partial charge on any atom is -0.399 e. The normalized spacial score (nSPS) is 20.4. The molecule has 0 bridgehead atoms. The van der Waals surface area contributed by atoms with E-state index in [1.807, 2.05) is 17.0 Å². The molecule has 1 aliphatic heterocycles. The number of anilines is 1. The van der Waals surface area contributed by atoms with Crippen LogP contribution in [0.5, 0.6) is 0 Å². The highest BCUT2D eigenvalue weighted by atomic mass is 35.5. The Balaban J connectivity index is 2.07. The van der Waals surface area contributed by atoms with E-state index in [9.17, 15) is 4.79 Å². The van der Waals surface area contributed by atoms with Gasteiger partial charge >= 0.3 is 0 Å². The summed E-state index contributed by atoms with van der Waals surface area (Å²) in [5.41, 5.74) is 7.31. The van der Waals surface area contributed by atoms with Crippen molar-refractivity contribution in [3.05, 3.63) is 28.8 Å². The number of likely N-dealkylation sites (tertiary alicyclic amines) is 1. The van der Waals surface area contributed by atoms with Gasteiger partial charge in [-0.15, -0.1) is 0 Å². The second-order valence-electron chi connectivity index (χ2n) is 5.27. The van der Waals surface area contributed by atoms with Gasteiger partial charge in [0.1, 0.15) is 0 Å². The van der Waals surface area contributed by atoms with E-state index in [2.05, 4.69) is 6.92 Å². The molecule has 1 aromatic rings. The fourth-order valence-corrected chi connectivity index (χ4v) is 2.81. The molecule has 2 N–H and O–H groups in total. The Morgan fingerprint density at radius 3 is 2.89 bits per heavy atom. The van der Waals surface area contributed by atoms with Crippen molar-refractivity contribution in [3.8, 4) is 0 Å². The lowest BCUT2D eigenvalue weighted by molar-refractivity contribution is -0.131. The third kappa shape index (κ3) is 3.63. The SMILES string of the molecule is CCC1CCC(=O)N(Cc2ccc(N)cc2Cl)CC1. The van der Waals surface area contributed by atoms with Crippen LogP contribution in [-0.2, 0) is 11.3 Å². The Labute approximate surface area is 119 Å². The summed E-state index contributed by atoms with van der Waals surface area (Å²) in [5.74, 6) is 0.916. The van der Waals surface area contributed by atoms with Crippen LogP contribution in [0.3, 0.4) is 0 Å².